The average molecular weight is 308 g/mol. The van der Waals surface area contributed by atoms with E-state index in [0.29, 0.717) is 0 Å². The molecule has 2 atom stereocenters. The molecule has 2 amide bonds. The molecule has 0 aromatic heterocycles. The summed E-state index contributed by atoms with van der Waals surface area (Å²) in [6.07, 6.45) is 2.47. The molecule has 94 valence electrons. The summed E-state index contributed by atoms with van der Waals surface area (Å²) in [5.74, 6) is 0.0575. The van der Waals surface area contributed by atoms with Crippen molar-refractivity contribution in [3.05, 3.63) is 28.2 Å². The molecule has 1 saturated carbocycles. The second-order valence-corrected chi connectivity index (χ2v) is 6.07. The first-order valence-corrected chi connectivity index (χ1v) is 7.01. The van der Waals surface area contributed by atoms with Gasteiger partial charge in [0.2, 0.25) is 11.8 Å². The van der Waals surface area contributed by atoms with E-state index in [2.05, 4.69) is 15.9 Å². The highest BCUT2D eigenvalue weighted by Gasteiger charge is 2.46. The number of halogens is 1. The third-order valence-corrected chi connectivity index (χ3v) is 4.48. The minimum atomic E-state index is -0.0186. The molecule has 1 heterocycles. The fourth-order valence-corrected chi connectivity index (χ4v) is 3.31. The first-order valence-electron chi connectivity index (χ1n) is 6.22. The molecule has 1 saturated heterocycles. The third-order valence-electron chi connectivity index (χ3n) is 3.98. The lowest BCUT2D eigenvalue weighted by Crippen LogP contribution is -2.46. The van der Waals surface area contributed by atoms with Crippen molar-refractivity contribution in [2.75, 3.05) is 4.90 Å². The van der Waals surface area contributed by atoms with Gasteiger partial charge >= 0.3 is 0 Å². The molecule has 2 aliphatic rings. The maximum absolute atomic E-state index is 12.3. The van der Waals surface area contributed by atoms with Crippen molar-refractivity contribution in [3.63, 3.8) is 0 Å². The summed E-state index contributed by atoms with van der Waals surface area (Å²) in [6, 6.07) is 5.71. The molecule has 4 heteroatoms. The van der Waals surface area contributed by atoms with E-state index < -0.39 is 0 Å². The molecule has 1 aromatic carbocycles. The quantitative estimate of drug-likeness (QED) is 0.748. The number of carbonyl (C=O) groups excluding carboxylic acids is 2. The second kappa shape index (κ2) is 4.19. The average Bonchev–Trinajstić information content (AvgIpc) is 2.78. The van der Waals surface area contributed by atoms with Crippen LogP contribution in [0.25, 0.3) is 0 Å². The number of hydrogen-bond donors (Lipinski definition) is 0. The molecule has 3 nitrogen and oxygen atoms in total. The number of fused-ring (bicyclic) bond motifs is 2. The van der Waals surface area contributed by atoms with E-state index in [1.54, 1.807) is 0 Å². The van der Waals surface area contributed by atoms with Gasteiger partial charge in [0.05, 0.1) is 5.69 Å². The van der Waals surface area contributed by atoms with Gasteiger partial charge in [-0.05, 0) is 43.9 Å². The van der Waals surface area contributed by atoms with Crippen molar-refractivity contribution in [3.8, 4) is 0 Å². The van der Waals surface area contributed by atoms with Crippen molar-refractivity contribution in [1.29, 1.82) is 0 Å². The number of carbonyl (C=O) groups is 2. The highest BCUT2D eigenvalue weighted by molar-refractivity contribution is 9.10. The zero-order valence-electron chi connectivity index (χ0n) is 10.1. The molecule has 3 rings (SSSR count). The SMILES string of the molecule is Cc1ccc(Br)cc1N1C(=O)C2CCC(C2)C1=O. The number of imide groups is 1. The van der Waals surface area contributed by atoms with Crippen LogP contribution in [0.15, 0.2) is 22.7 Å². The molecule has 0 radical (unpaired) electrons. The Bertz CT molecular complexity index is 519. The van der Waals surface area contributed by atoms with Crippen molar-refractivity contribution in [2.24, 2.45) is 11.8 Å². The van der Waals surface area contributed by atoms with E-state index in [0.717, 1.165) is 35.0 Å². The van der Waals surface area contributed by atoms with Gasteiger partial charge in [0, 0.05) is 16.3 Å². The first-order chi connectivity index (χ1) is 8.58. The number of nitrogens with zero attached hydrogens (tertiary/aromatic N) is 1. The fraction of sp³-hybridized carbons (Fsp3) is 0.429. The van der Waals surface area contributed by atoms with Crippen LogP contribution in [0.4, 0.5) is 5.69 Å². The van der Waals surface area contributed by atoms with E-state index in [9.17, 15) is 9.59 Å². The molecular formula is C14H14BrNO2. The fourth-order valence-electron chi connectivity index (χ4n) is 2.96. The highest BCUT2D eigenvalue weighted by atomic mass is 79.9. The molecule has 2 bridgehead atoms. The number of piperidine rings is 1. The van der Waals surface area contributed by atoms with Crippen LogP contribution in [-0.4, -0.2) is 11.8 Å². The summed E-state index contributed by atoms with van der Waals surface area (Å²) in [5, 5.41) is 0. The van der Waals surface area contributed by atoms with Crippen LogP contribution in [-0.2, 0) is 9.59 Å². The molecule has 18 heavy (non-hydrogen) atoms. The van der Waals surface area contributed by atoms with Gasteiger partial charge in [-0.1, -0.05) is 22.0 Å². The monoisotopic (exact) mass is 307 g/mol. The molecule has 2 fully saturated rings. The largest absolute Gasteiger partial charge is 0.274 e. The summed E-state index contributed by atoms with van der Waals surface area (Å²) >= 11 is 3.40. The number of amides is 2. The zero-order chi connectivity index (χ0) is 12.9. The molecule has 0 spiro atoms. The lowest BCUT2D eigenvalue weighted by Gasteiger charge is -2.30. The Morgan fingerprint density at radius 1 is 1.17 bits per heavy atom. The molecule has 1 aromatic rings. The Morgan fingerprint density at radius 3 is 2.39 bits per heavy atom. The number of rotatable bonds is 1. The summed E-state index contributed by atoms with van der Waals surface area (Å²) < 4.78 is 0.890. The van der Waals surface area contributed by atoms with Crippen LogP contribution >= 0.6 is 15.9 Å². The predicted octanol–water partition coefficient (Wildman–Crippen LogP) is 3.05. The summed E-state index contributed by atoms with van der Waals surface area (Å²) in [6.45, 7) is 1.93. The third kappa shape index (κ3) is 1.70. The van der Waals surface area contributed by atoms with Crippen LogP contribution in [0, 0.1) is 18.8 Å². The molecule has 1 aliphatic heterocycles. The van der Waals surface area contributed by atoms with E-state index in [1.807, 2.05) is 25.1 Å². The van der Waals surface area contributed by atoms with Gasteiger partial charge in [0.1, 0.15) is 0 Å². The lowest BCUT2D eigenvalue weighted by molar-refractivity contribution is -0.133. The standard InChI is InChI=1S/C14H14BrNO2/c1-8-2-5-11(15)7-12(8)16-13(17)9-3-4-10(6-9)14(16)18/h2,5,7,9-10H,3-4,6H2,1H3. The van der Waals surface area contributed by atoms with Gasteiger partial charge in [-0.3, -0.25) is 9.59 Å². The maximum Gasteiger partial charge on any atom is 0.236 e. The molecule has 0 N–H and O–H groups in total. The number of aryl methyl sites for hydroxylation is 1. The van der Waals surface area contributed by atoms with Crippen LogP contribution in [0.3, 0.4) is 0 Å². The smallest absolute Gasteiger partial charge is 0.236 e. The van der Waals surface area contributed by atoms with Crippen LogP contribution in [0.1, 0.15) is 24.8 Å². The van der Waals surface area contributed by atoms with Gasteiger partial charge in [0.25, 0.3) is 0 Å². The van der Waals surface area contributed by atoms with Crippen LogP contribution in [0.2, 0.25) is 0 Å². The minimum Gasteiger partial charge on any atom is -0.274 e. The summed E-state index contributed by atoms with van der Waals surface area (Å²) in [4.78, 5) is 26.1. The highest BCUT2D eigenvalue weighted by Crippen LogP contribution is 2.41. The van der Waals surface area contributed by atoms with Gasteiger partial charge in [-0.25, -0.2) is 4.90 Å². The Hall–Kier alpha value is -1.16. The van der Waals surface area contributed by atoms with Crippen molar-refractivity contribution in [1.82, 2.24) is 0 Å². The van der Waals surface area contributed by atoms with Crippen LogP contribution in [0.5, 0.6) is 0 Å². The Balaban J connectivity index is 2.07. The van der Waals surface area contributed by atoms with Crippen molar-refractivity contribution >= 4 is 33.4 Å². The van der Waals surface area contributed by atoms with E-state index in [-0.39, 0.29) is 23.7 Å². The van der Waals surface area contributed by atoms with E-state index in [4.69, 9.17) is 0 Å². The molecule has 2 unspecified atom stereocenters. The Labute approximate surface area is 114 Å². The minimum absolute atomic E-state index is 0.0186. The first kappa shape index (κ1) is 11.9. The van der Waals surface area contributed by atoms with Crippen molar-refractivity contribution < 1.29 is 9.59 Å². The zero-order valence-corrected chi connectivity index (χ0v) is 11.7. The van der Waals surface area contributed by atoms with Gasteiger partial charge in [-0.2, -0.15) is 0 Å². The second-order valence-electron chi connectivity index (χ2n) is 5.15. The lowest BCUT2D eigenvalue weighted by atomic mass is 9.96. The number of benzene rings is 1. The molecule has 1 aliphatic carbocycles. The normalized spacial score (nSPS) is 26.9. The molecular weight excluding hydrogens is 294 g/mol. The number of anilines is 1. The number of hydrogen-bond acceptors (Lipinski definition) is 2. The summed E-state index contributed by atoms with van der Waals surface area (Å²) in [7, 11) is 0. The van der Waals surface area contributed by atoms with Gasteiger partial charge in [0.15, 0.2) is 0 Å². The topological polar surface area (TPSA) is 37.4 Å². The predicted molar refractivity (Wildman–Crippen MR) is 72.2 cm³/mol. The van der Waals surface area contributed by atoms with Crippen LogP contribution < -0.4 is 4.90 Å². The summed E-state index contributed by atoms with van der Waals surface area (Å²) in [5.41, 5.74) is 1.69. The van der Waals surface area contributed by atoms with Gasteiger partial charge < -0.3 is 0 Å². The van der Waals surface area contributed by atoms with Gasteiger partial charge in [-0.15, -0.1) is 0 Å². The Morgan fingerprint density at radius 2 is 1.78 bits per heavy atom. The van der Waals surface area contributed by atoms with Crippen molar-refractivity contribution in [2.45, 2.75) is 26.2 Å². The van der Waals surface area contributed by atoms with E-state index >= 15 is 0 Å². The Kier molecular flexibility index (Phi) is 2.77. The van der Waals surface area contributed by atoms with E-state index in [1.165, 1.54) is 4.90 Å². The maximum atomic E-state index is 12.3.